The summed E-state index contributed by atoms with van der Waals surface area (Å²) in [5.41, 5.74) is 1.94. The van der Waals surface area contributed by atoms with Gasteiger partial charge in [-0.25, -0.2) is 0 Å². The number of nitrogens with one attached hydrogen (secondary N) is 1. The van der Waals surface area contributed by atoms with Crippen LogP contribution in [0, 0.1) is 16.7 Å². The Hall–Kier alpha value is -2.32. The standard InChI is InChI=1S/C19H25N3O2/c1-19(2,3)9-6-18(24)21-15-4-5-17(14(12-15)13-20)22-10-7-16(23)8-11-22/h4-6,9,12,16,23H,7-8,10-11H2,1-3H3,(H,21,24)/b9-6+. The number of hydrogen-bond donors (Lipinski definition) is 2. The highest BCUT2D eigenvalue weighted by Crippen LogP contribution is 2.26. The molecule has 1 fully saturated rings. The highest BCUT2D eigenvalue weighted by molar-refractivity contribution is 5.99. The number of hydrogen-bond acceptors (Lipinski definition) is 4. The molecule has 1 aromatic rings. The predicted octanol–water partition coefficient (Wildman–Crippen LogP) is 3.06. The van der Waals surface area contributed by atoms with Crippen LogP contribution in [-0.4, -0.2) is 30.2 Å². The summed E-state index contributed by atoms with van der Waals surface area (Å²) in [4.78, 5) is 14.1. The molecule has 1 saturated heterocycles. The number of carbonyl (C=O) groups excluding carboxylic acids is 1. The number of nitrogens with zero attached hydrogens (tertiary/aromatic N) is 2. The van der Waals surface area contributed by atoms with Gasteiger partial charge in [0, 0.05) is 18.8 Å². The summed E-state index contributed by atoms with van der Waals surface area (Å²) in [6.07, 6.45) is 4.54. The van der Waals surface area contributed by atoms with Gasteiger partial charge in [0.2, 0.25) is 5.91 Å². The van der Waals surface area contributed by atoms with Crippen LogP contribution in [0.5, 0.6) is 0 Å². The van der Waals surface area contributed by atoms with E-state index in [9.17, 15) is 15.2 Å². The van der Waals surface area contributed by atoms with Crippen molar-refractivity contribution in [2.45, 2.75) is 39.7 Å². The number of carbonyl (C=O) groups is 1. The Bertz CT molecular complexity index is 660. The van der Waals surface area contributed by atoms with Crippen LogP contribution in [0.3, 0.4) is 0 Å². The van der Waals surface area contributed by atoms with Crippen molar-refractivity contribution in [3.05, 3.63) is 35.9 Å². The van der Waals surface area contributed by atoms with Crippen molar-refractivity contribution in [1.29, 1.82) is 5.26 Å². The van der Waals surface area contributed by atoms with E-state index in [-0.39, 0.29) is 17.4 Å². The van der Waals surface area contributed by atoms with Crippen LogP contribution in [0.25, 0.3) is 0 Å². The van der Waals surface area contributed by atoms with E-state index in [2.05, 4.69) is 16.3 Å². The number of nitriles is 1. The normalized spacial score (nSPS) is 16.2. The summed E-state index contributed by atoms with van der Waals surface area (Å²) in [5, 5.41) is 21.8. The number of benzene rings is 1. The Morgan fingerprint density at radius 1 is 1.38 bits per heavy atom. The number of anilines is 2. The lowest BCUT2D eigenvalue weighted by Crippen LogP contribution is -2.36. The molecule has 128 valence electrons. The molecule has 2 N–H and O–H groups in total. The maximum Gasteiger partial charge on any atom is 0.248 e. The average Bonchev–Trinajstić information content (AvgIpc) is 2.53. The van der Waals surface area contributed by atoms with Gasteiger partial charge in [-0.3, -0.25) is 4.79 Å². The van der Waals surface area contributed by atoms with Crippen molar-refractivity contribution in [3.63, 3.8) is 0 Å². The minimum absolute atomic E-state index is 0.0577. The van der Waals surface area contributed by atoms with Gasteiger partial charge in [0.1, 0.15) is 6.07 Å². The third kappa shape index (κ3) is 5.10. The minimum atomic E-state index is -0.250. The average molecular weight is 327 g/mol. The molecule has 0 radical (unpaired) electrons. The molecule has 1 aliphatic rings. The zero-order chi connectivity index (χ0) is 17.7. The molecule has 1 aliphatic heterocycles. The van der Waals surface area contributed by atoms with Crippen LogP contribution >= 0.6 is 0 Å². The molecule has 5 nitrogen and oxygen atoms in total. The van der Waals surface area contributed by atoms with E-state index in [0.717, 1.165) is 18.8 Å². The maximum atomic E-state index is 12.0. The second kappa shape index (κ2) is 7.50. The molecule has 1 aromatic carbocycles. The first kappa shape index (κ1) is 18.0. The van der Waals surface area contributed by atoms with Crippen LogP contribution in [0.1, 0.15) is 39.2 Å². The molecule has 0 bridgehead atoms. The molecule has 0 aliphatic carbocycles. The highest BCUT2D eigenvalue weighted by Gasteiger charge is 2.19. The Labute approximate surface area is 143 Å². The topological polar surface area (TPSA) is 76.4 Å². The van der Waals surface area contributed by atoms with E-state index in [0.29, 0.717) is 24.1 Å². The largest absolute Gasteiger partial charge is 0.393 e. The van der Waals surface area contributed by atoms with Crippen molar-refractivity contribution >= 4 is 17.3 Å². The fourth-order valence-corrected chi connectivity index (χ4v) is 2.60. The Balaban J connectivity index is 2.10. The van der Waals surface area contributed by atoms with Crippen molar-refractivity contribution in [2.24, 2.45) is 5.41 Å². The fourth-order valence-electron chi connectivity index (χ4n) is 2.60. The van der Waals surface area contributed by atoms with Crippen LogP contribution < -0.4 is 10.2 Å². The molecule has 0 aromatic heterocycles. The number of piperidine rings is 1. The van der Waals surface area contributed by atoms with Crippen molar-refractivity contribution in [2.75, 3.05) is 23.3 Å². The molecule has 0 spiro atoms. The lowest BCUT2D eigenvalue weighted by atomic mass is 9.96. The third-order valence-electron chi connectivity index (χ3n) is 3.92. The van der Waals surface area contributed by atoms with Crippen LogP contribution in [0.15, 0.2) is 30.4 Å². The van der Waals surface area contributed by atoms with Crippen molar-refractivity contribution < 1.29 is 9.90 Å². The predicted molar refractivity (Wildman–Crippen MR) is 95.8 cm³/mol. The van der Waals surface area contributed by atoms with E-state index in [4.69, 9.17) is 0 Å². The van der Waals surface area contributed by atoms with Gasteiger partial charge in [0.15, 0.2) is 0 Å². The van der Waals surface area contributed by atoms with Crippen LogP contribution in [0.4, 0.5) is 11.4 Å². The Kier molecular flexibility index (Phi) is 5.63. The number of rotatable bonds is 3. The third-order valence-corrected chi connectivity index (χ3v) is 3.92. The lowest BCUT2D eigenvalue weighted by Gasteiger charge is -2.32. The van der Waals surface area contributed by atoms with E-state index < -0.39 is 0 Å². The van der Waals surface area contributed by atoms with Gasteiger partial charge in [-0.1, -0.05) is 26.8 Å². The second-order valence-corrected chi connectivity index (χ2v) is 7.25. The number of allylic oxidation sites excluding steroid dienone is 1. The Morgan fingerprint density at radius 2 is 2.04 bits per heavy atom. The van der Waals surface area contributed by atoms with Gasteiger partial charge in [0.05, 0.1) is 17.4 Å². The first-order valence-electron chi connectivity index (χ1n) is 8.26. The summed E-state index contributed by atoms with van der Waals surface area (Å²) < 4.78 is 0. The molecule has 1 amide bonds. The summed E-state index contributed by atoms with van der Waals surface area (Å²) in [7, 11) is 0. The minimum Gasteiger partial charge on any atom is -0.393 e. The number of amides is 1. The van der Waals surface area contributed by atoms with Gasteiger partial charge in [-0.2, -0.15) is 5.26 Å². The summed E-state index contributed by atoms with van der Waals surface area (Å²) in [5.74, 6) is -0.206. The van der Waals surface area contributed by atoms with E-state index in [1.807, 2.05) is 39.0 Å². The monoisotopic (exact) mass is 327 g/mol. The molecular weight excluding hydrogens is 302 g/mol. The van der Waals surface area contributed by atoms with Gasteiger partial charge in [-0.05, 0) is 42.5 Å². The van der Waals surface area contributed by atoms with Gasteiger partial charge in [-0.15, -0.1) is 0 Å². The van der Waals surface area contributed by atoms with Gasteiger partial charge >= 0.3 is 0 Å². The van der Waals surface area contributed by atoms with E-state index in [1.54, 1.807) is 6.07 Å². The number of aliphatic hydroxyl groups is 1. The van der Waals surface area contributed by atoms with E-state index >= 15 is 0 Å². The number of aliphatic hydroxyl groups excluding tert-OH is 1. The Morgan fingerprint density at radius 3 is 2.62 bits per heavy atom. The van der Waals surface area contributed by atoms with Gasteiger partial charge in [0.25, 0.3) is 0 Å². The lowest BCUT2D eigenvalue weighted by molar-refractivity contribution is -0.112. The summed E-state index contributed by atoms with van der Waals surface area (Å²) >= 11 is 0. The first-order valence-corrected chi connectivity index (χ1v) is 8.26. The molecule has 0 unspecified atom stereocenters. The molecular formula is C19H25N3O2. The second-order valence-electron chi connectivity index (χ2n) is 7.25. The molecule has 0 saturated carbocycles. The summed E-state index contributed by atoms with van der Waals surface area (Å²) in [6.45, 7) is 7.53. The highest BCUT2D eigenvalue weighted by atomic mass is 16.3. The van der Waals surface area contributed by atoms with E-state index in [1.165, 1.54) is 6.08 Å². The smallest absolute Gasteiger partial charge is 0.248 e. The fraction of sp³-hybridized carbons (Fsp3) is 0.474. The van der Waals surface area contributed by atoms with Gasteiger partial charge < -0.3 is 15.3 Å². The maximum absolute atomic E-state index is 12.0. The molecule has 5 heteroatoms. The molecule has 1 heterocycles. The van der Waals surface area contributed by atoms with Crippen LogP contribution in [-0.2, 0) is 4.79 Å². The summed E-state index contributed by atoms with van der Waals surface area (Å²) in [6, 6.07) is 7.57. The zero-order valence-corrected chi connectivity index (χ0v) is 14.5. The quantitative estimate of drug-likeness (QED) is 0.837. The van der Waals surface area contributed by atoms with Crippen molar-refractivity contribution in [1.82, 2.24) is 0 Å². The molecule has 0 atom stereocenters. The first-order chi connectivity index (χ1) is 11.3. The van der Waals surface area contributed by atoms with Crippen molar-refractivity contribution in [3.8, 4) is 6.07 Å². The zero-order valence-electron chi connectivity index (χ0n) is 14.5. The molecule has 2 rings (SSSR count). The molecule has 24 heavy (non-hydrogen) atoms. The van der Waals surface area contributed by atoms with Crippen LogP contribution in [0.2, 0.25) is 0 Å². The SMILES string of the molecule is CC(C)(C)/C=C/C(=O)Nc1ccc(N2CCC(O)CC2)c(C#N)c1.